The van der Waals surface area contributed by atoms with Crippen LogP contribution in [0.5, 0.6) is 0 Å². The highest BCUT2D eigenvalue weighted by atomic mass is 15.3. The number of hydrogen-bond acceptors (Lipinski definition) is 6. The van der Waals surface area contributed by atoms with Crippen LogP contribution < -0.4 is 0 Å². The molecule has 0 unspecified atom stereocenters. The normalized spacial score (nSPS) is 24.4. The molecule has 0 saturated carbocycles. The van der Waals surface area contributed by atoms with E-state index in [4.69, 9.17) is 0 Å². The second-order valence-electron chi connectivity index (χ2n) is 8.77. The lowest BCUT2D eigenvalue weighted by Gasteiger charge is -2.28. The molecular formula is C23H50N6. The summed E-state index contributed by atoms with van der Waals surface area (Å²) in [4.78, 5) is 16.0. The zero-order valence-electron chi connectivity index (χ0n) is 20.1. The van der Waals surface area contributed by atoms with E-state index in [1.54, 1.807) is 0 Å². The summed E-state index contributed by atoms with van der Waals surface area (Å²) >= 11 is 0. The first-order valence-electron chi connectivity index (χ1n) is 12.5. The van der Waals surface area contributed by atoms with Gasteiger partial charge >= 0.3 is 0 Å². The maximum absolute atomic E-state index is 2.73. The second kappa shape index (κ2) is 14.7. The van der Waals surface area contributed by atoms with Gasteiger partial charge in [0.25, 0.3) is 0 Å². The van der Waals surface area contributed by atoms with Crippen molar-refractivity contribution in [2.45, 2.75) is 34.1 Å². The minimum Gasteiger partial charge on any atom is -0.301 e. The van der Waals surface area contributed by atoms with Crippen molar-refractivity contribution in [1.82, 2.24) is 29.4 Å². The molecule has 2 aliphatic rings. The van der Waals surface area contributed by atoms with Gasteiger partial charge in [-0.3, -0.25) is 0 Å². The third kappa shape index (κ3) is 9.62. The first-order chi connectivity index (χ1) is 14.2. The van der Waals surface area contributed by atoms with Crippen molar-refractivity contribution < 1.29 is 0 Å². The van der Waals surface area contributed by atoms with E-state index in [1.807, 2.05) is 0 Å². The molecule has 0 spiro atoms. The summed E-state index contributed by atoms with van der Waals surface area (Å²) in [6, 6.07) is 0. The topological polar surface area (TPSA) is 19.4 Å². The van der Waals surface area contributed by atoms with Crippen LogP contribution in [-0.2, 0) is 0 Å². The lowest BCUT2D eigenvalue weighted by Crippen LogP contribution is -2.40. The van der Waals surface area contributed by atoms with Gasteiger partial charge in [0.2, 0.25) is 0 Å². The molecule has 2 rings (SSSR count). The Labute approximate surface area is 181 Å². The van der Waals surface area contributed by atoms with Crippen LogP contribution in [0.1, 0.15) is 34.1 Å². The number of nitrogens with zero attached hydrogens (tertiary/aromatic N) is 6. The van der Waals surface area contributed by atoms with Crippen molar-refractivity contribution >= 4 is 0 Å². The summed E-state index contributed by atoms with van der Waals surface area (Å²) in [6.07, 6.45) is 1.30. The molecule has 0 N–H and O–H groups in total. The standard InChI is InChI=1S/C23H50N6/c1-5-24-12-13-25(6-2)17-21-28(20-16-24)10-9-11-29-22-18-26(7-3)14-15-27(8-4)19-23-29/h5-23H2,1-4H3. The van der Waals surface area contributed by atoms with E-state index in [0.717, 1.165) is 0 Å². The van der Waals surface area contributed by atoms with E-state index < -0.39 is 0 Å². The first-order valence-corrected chi connectivity index (χ1v) is 12.5. The highest BCUT2D eigenvalue weighted by molar-refractivity contribution is 4.73. The van der Waals surface area contributed by atoms with Crippen LogP contribution in [0.3, 0.4) is 0 Å². The predicted molar refractivity (Wildman–Crippen MR) is 126 cm³/mol. The molecule has 2 aliphatic heterocycles. The molecular weight excluding hydrogens is 360 g/mol. The van der Waals surface area contributed by atoms with E-state index in [0.29, 0.717) is 0 Å². The third-order valence-corrected chi connectivity index (χ3v) is 7.13. The van der Waals surface area contributed by atoms with Gasteiger partial charge in [-0.25, -0.2) is 0 Å². The maximum Gasteiger partial charge on any atom is 0.0110 e. The molecule has 0 aromatic heterocycles. The average Bonchev–Trinajstić information content (AvgIpc) is 2.91. The molecule has 0 amide bonds. The maximum atomic E-state index is 2.73. The minimum atomic E-state index is 1.18. The smallest absolute Gasteiger partial charge is 0.0110 e. The fourth-order valence-electron chi connectivity index (χ4n) is 4.60. The summed E-state index contributed by atoms with van der Waals surface area (Å²) in [6.45, 7) is 31.2. The summed E-state index contributed by atoms with van der Waals surface area (Å²) in [5.74, 6) is 0. The van der Waals surface area contributed by atoms with Gasteiger partial charge in [-0.05, 0) is 45.7 Å². The van der Waals surface area contributed by atoms with Gasteiger partial charge in [0.05, 0.1) is 0 Å². The predicted octanol–water partition coefficient (Wildman–Crippen LogP) is 1.30. The Bertz CT molecular complexity index is 339. The molecule has 2 saturated heterocycles. The molecule has 2 fully saturated rings. The van der Waals surface area contributed by atoms with Crippen LogP contribution >= 0.6 is 0 Å². The van der Waals surface area contributed by atoms with Crippen molar-refractivity contribution in [2.75, 3.05) is 118 Å². The Morgan fingerprint density at radius 3 is 0.759 bits per heavy atom. The Hall–Kier alpha value is -0.240. The number of hydrogen-bond donors (Lipinski definition) is 0. The van der Waals surface area contributed by atoms with E-state index in [1.165, 1.54) is 124 Å². The van der Waals surface area contributed by atoms with Gasteiger partial charge in [0.15, 0.2) is 0 Å². The summed E-state index contributed by atoms with van der Waals surface area (Å²) in [5, 5.41) is 0. The fraction of sp³-hybridized carbons (Fsp3) is 1.00. The molecule has 172 valence electrons. The zero-order valence-corrected chi connectivity index (χ0v) is 20.1. The Kier molecular flexibility index (Phi) is 12.7. The van der Waals surface area contributed by atoms with E-state index >= 15 is 0 Å². The van der Waals surface area contributed by atoms with Gasteiger partial charge in [0, 0.05) is 78.5 Å². The van der Waals surface area contributed by atoms with E-state index in [-0.39, 0.29) is 0 Å². The second-order valence-corrected chi connectivity index (χ2v) is 8.77. The van der Waals surface area contributed by atoms with Crippen LogP contribution in [-0.4, -0.2) is 147 Å². The van der Waals surface area contributed by atoms with Crippen LogP contribution in [0.2, 0.25) is 0 Å². The monoisotopic (exact) mass is 410 g/mol. The fourth-order valence-corrected chi connectivity index (χ4v) is 4.60. The highest BCUT2D eigenvalue weighted by Gasteiger charge is 2.17. The van der Waals surface area contributed by atoms with E-state index in [2.05, 4.69) is 57.1 Å². The SMILES string of the molecule is CCN1CCN(CC)CCN(CCCN2CCN(CC)CCN(CC)CC2)CC1. The summed E-state index contributed by atoms with van der Waals surface area (Å²) in [7, 11) is 0. The van der Waals surface area contributed by atoms with Gasteiger partial charge in [-0.15, -0.1) is 0 Å². The molecule has 0 aromatic carbocycles. The molecule has 6 nitrogen and oxygen atoms in total. The average molecular weight is 411 g/mol. The lowest BCUT2D eigenvalue weighted by molar-refractivity contribution is 0.188. The van der Waals surface area contributed by atoms with Crippen LogP contribution in [0.15, 0.2) is 0 Å². The molecule has 6 heteroatoms. The molecule has 0 bridgehead atoms. The van der Waals surface area contributed by atoms with Crippen molar-refractivity contribution in [3.8, 4) is 0 Å². The van der Waals surface area contributed by atoms with Crippen molar-refractivity contribution in [3.63, 3.8) is 0 Å². The lowest BCUT2D eigenvalue weighted by atomic mass is 10.3. The summed E-state index contributed by atoms with van der Waals surface area (Å²) < 4.78 is 0. The first kappa shape index (κ1) is 25.0. The molecule has 0 atom stereocenters. The summed E-state index contributed by atoms with van der Waals surface area (Å²) in [5.41, 5.74) is 0. The molecule has 0 radical (unpaired) electrons. The minimum absolute atomic E-state index is 1.18. The number of rotatable bonds is 8. The van der Waals surface area contributed by atoms with Crippen molar-refractivity contribution in [1.29, 1.82) is 0 Å². The van der Waals surface area contributed by atoms with Crippen molar-refractivity contribution in [2.24, 2.45) is 0 Å². The van der Waals surface area contributed by atoms with Crippen molar-refractivity contribution in [3.05, 3.63) is 0 Å². The van der Waals surface area contributed by atoms with Gasteiger partial charge in [-0.1, -0.05) is 27.7 Å². The largest absolute Gasteiger partial charge is 0.301 e. The highest BCUT2D eigenvalue weighted by Crippen LogP contribution is 2.04. The third-order valence-electron chi connectivity index (χ3n) is 7.13. The zero-order chi connectivity index (χ0) is 20.9. The van der Waals surface area contributed by atoms with Crippen LogP contribution in [0.25, 0.3) is 0 Å². The molecule has 0 aromatic rings. The van der Waals surface area contributed by atoms with Crippen LogP contribution in [0, 0.1) is 0 Å². The Morgan fingerprint density at radius 2 is 0.552 bits per heavy atom. The Balaban J connectivity index is 1.80. The number of likely N-dealkylation sites (N-methyl/N-ethyl adjacent to an activating group) is 4. The van der Waals surface area contributed by atoms with E-state index in [9.17, 15) is 0 Å². The Morgan fingerprint density at radius 1 is 0.345 bits per heavy atom. The van der Waals surface area contributed by atoms with Gasteiger partial charge < -0.3 is 29.4 Å². The quantitative estimate of drug-likeness (QED) is 0.596. The molecule has 2 heterocycles. The van der Waals surface area contributed by atoms with Crippen LogP contribution in [0.4, 0.5) is 0 Å². The van der Waals surface area contributed by atoms with Gasteiger partial charge in [0.1, 0.15) is 0 Å². The molecule has 0 aliphatic carbocycles. The van der Waals surface area contributed by atoms with Gasteiger partial charge in [-0.2, -0.15) is 0 Å². The molecule has 29 heavy (non-hydrogen) atoms.